The number of carbonyl (C=O) groups is 7. The predicted molar refractivity (Wildman–Crippen MR) is 224 cm³/mol. The molecule has 3 aromatic rings. The average molecular weight is 845 g/mol. The van der Waals surface area contributed by atoms with Gasteiger partial charge in [-0.05, 0) is 60.2 Å². The van der Waals surface area contributed by atoms with Crippen LogP contribution >= 0.6 is 0 Å². The molecular weight excluding hydrogens is 789 g/mol. The molecule has 17 nitrogen and oxygen atoms in total. The molecule has 328 valence electrons. The van der Waals surface area contributed by atoms with Gasteiger partial charge in [-0.15, -0.1) is 0 Å². The molecule has 1 heterocycles. The fourth-order valence-corrected chi connectivity index (χ4v) is 6.77. The van der Waals surface area contributed by atoms with E-state index < -0.39 is 72.8 Å². The number of methoxy groups -OCH3 is 3. The van der Waals surface area contributed by atoms with Crippen molar-refractivity contribution in [2.75, 3.05) is 61.7 Å². The molecule has 0 saturated carbocycles. The van der Waals surface area contributed by atoms with Crippen LogP contribution in [0.5, 0.6) is 11.5 Å². The lowest BCUT2D eigenvalue weighted by Gasteiger charge is -2.29. The van der Waals surface area contributed by atoms with E-state index in [1.165, 1.54) is 40.3 Å². The van der Waals surface area contributed by atoms with Crippen LogP contribution < -0.4 is 30.7 Å². The lowest BCUT2D eigenvalue weighted by molar-refractivity contribution is -0.145. The van der Waals surface area contributed by atoms with Crippen molar-refractivity contribution >= 4 is 41.9 Å². The van der Waals surface area contributed by atoms with Gasteiger partial charge in [0.2, 0.25) is 35.9 Å². The second-order valence-electron chi connectivity index (χ2n) is 14.5. The summed E-state index contributed by atoms with van der Waals surface area (Å²) in [4.78, 5) is 95.3. The highest BCUT2D eigenvalue weighted by atomic mass is 16.5. The van der Waals surface area contributed by atoms with Crippen LogP contribution in [0.15, 0.2) is 66.7 Å². The number of nitrogens with one attached hydrogen (secondary N) is 4. The van der Waals surface area contributed by atoms with E-state index >= 15 is 0 Å². The van der Waals surface area contributed by atoms with Gasteiger partial charge >= 0.3 is 5.97 Å². The second-order valence-corrected chi connectivity index (χ2v) is 14.5. The molecule has 1 aliphatic rings. The molecule has 0 aromatic heterocycles. The van der Waals surface area contributed by atoms with Gasteiger partial charge in [0, 0.05) is 38.2 Å². The number of ether oxygens (including phenoxy) is 4. The van der Waals surface area contributed by atoms with Crippen LogP contribution in [-0.2, 0) is 55.9 Å². The van der Waals surface area contributed by atoms with E-state index in [4.69, 9.17) is 18.9 Å². The number of aryl methyl sites for hydroxylation is 1. The predicted octanol–water partition coefficient (Wildman–Crippen LogP) is 1.71. The molecule has 3 aromatic carbocycles. The Hall–Kier alpha value is -6.49. The van der Waals surface area contributed by atoms with Gasteiger partial charge in [0.15, 0.2) is 0 Å². The summed E-state index contributed by atoms with van der Waals surface area (Å²) in [5, 5.41) is 10.6. The second kappa shape index (κ2) is 23.3. The summed E-state index contributed by atoms with van der Waals surface area (Å²) in [5.74, 6) is -3.21. The normalized spacial score (nSPS) is 16.0. The SMILES string of the molecule is CCCCOC[C@H](C(=O)N[C@H](CCc1ccccc1)C(=O)NCC(=O)N(C)C1C(=O)NCC(=O)N[C@H](C(=O)OC)Cc2ccc(OC)c(c2)-c2cc1ccc2OC)N(C)C=O. The molecule has 4 N–H and O–H groups in total. The molecule has 4 rings (SSSR count). The molecular formula is C44H56N6O11. The van der Waals surface area contributed by atoms with Crippen molar-refractivity contribution in [2.45, 2.75) is 63.2 Å². The van der Waals surface area contributed by atoms with Gasteiger partial charge in [0.25, 0.3) is 0 Å². The highest BCUT2D eigenvalue weighted by Gasteiger charge is 2.33. The number of fused-ring (bicyclic) bond motifs is 5. The Kier molecular flexibility index (Phi) is 18.1. The molecule has 1 unspecified atom stereocenters. The van der Waals surface area contributed by atoms with Gasteiger partial charge in [0.05, 0.1) is 41.0 Å². The Labute approximate surface area is 355 Å². The van der Waals surface area contributed by atoms with Crippen molar-refractivity contribution in [3.63, 3.8) is 0 Å². The monoisotopic (exact) mass is 844 g/mol. The van der Waals surface area contributed by atoms with Crippen LogP contribution in [0.2, 0.25) is 0 Å². The maximum Gasteiger partial charge on any atom is 0.328 e. The first-order valence-electron chi connectivity index (χ1n) is 20.0. The van der Waals surface area contributed by atoms with Gasteiger partial charge in [-0.25, -0.2) is 4.79 Å². The van der Waals surface area contributed by atoms with E-state index in [2.05, 4.69) is 21.3 Å². The first-order valence-corrected chi connectivity index (χ1v) is 20.0. The van der Waals surface area contributed by atoms with Crippen molar-refractivity contribution in [1.82, 2.24) is 31.1 Å². The zero-order valence-corrected chi connectivity index (χ0v) is 35.5. The summed E-state index contributed by atoms with van der Waals surface area (Å²) in [6.45, 7) is 1.19. The Morgan fingerprint density at radius 1 is 0.918 bits per heavy atom. The van der Waals surface area contributed by atoms with Crippen LogP contribution in [0.1, 0.15) is 48.9 Å². The van der Waals surface area contributed by atoms with E-state index in [1.807, 2.05) is 37.3 Å². The Morgan fingerprint density at radius 2 is 1.61 bits per heavy atom. The van der Waals surface area contributed by atoms with E-state index in [-0.39, 0.29) is 19.4 Å². The van der Waals surface area contributed by atoms with Crippen LogP contribution in [0.25, 0.3) is 11.1 Å². The van der Waals surface area contributed by atoms with Crippen molar-refractivity contribution in [3.05, 3.63) is 83.4 Å². The molecule has 1 aliphatic heterocycles. The van der Waals surface area contributed by atoms with Gasteiger partial charge in [-0.2, -0.15) is 0 Å². The van der Waals surface area contributed by atoms with Crippen molar-refractivity contribution < 1.29 is 52.5 Å². The molecule has 0 aliphatic carbocycles. The van der Waals surface area contributed by atoms with Crippen LogP contribution in [-0.4, -0.2) is 132 Å². The molecule has 0 saturated heterocycles. The minimum Gasteiger partial charge on any atom is -0.496 e. The average Bonchev–Trinajstić information content (AvgIpc) is 3.27. The quantitative estimate of drug-likeness (QED) is 0.0776. The molecule has 0 fully saturated rings. The number of rotatable bonds is 19. The standard InChI is InChI=1S/C44H56N6O11/c1-7-8-20-61-26-35(49(2)27-51)42(55)48-33(17-14-28-12-10-9-11-13-28)41(54)46-25-39(53)50(3)40-30-16-19-37(59-5)32(23-30)31-21-29(15-18-36(31)58-4)22-34(44(57)60-6)47-38(52)24-45-43(40)56/h9-13,15-16,18-19,21,23,27,33-35,40H,7-8,14,17,20,22,24-26H2,1-6H3,(H,45,56)(H,46,54)(H,47,52)(H,48,55)/t33-,34+,35-,40?/m1/s1. The zero-order valence-electron chi connectivity index (χ0n) is 35.5. The topological polar surface area (TPSA) is 211 Å². The van der Waals surface area contributed by atoms with E-state index in [9.17, 15) is 33.6 Å². The summed E-state index contributed by atoms with van der Waals surface area (Å²) >= 11 is 0. The van der Waals surface area contributed by atoms with Crippen molar-refractivity contribution in [1.29, 1.82) is 0 Å². The molecule has 4 atom stereocenters. The third kappa shape index (κ3) is 13.0. The first-order chi connectivity index (χ1) is 29.3. The first kappa shape index (κ1) is 47.2. The fourth-order valence-electron chi connectivity index (χ4n) is 6.77. The molecule has 0 radical (unpaired) electrons. The van der Waals surface area contributed by atoms with Crippen LogP contribution in [0.3, 0.4) is 0 Å². The lowest BCUT2D eigenvalue weighted by atomic mass is 9.94. The summed E-state index contributed by atoms with van der Waals surface area (Å²) in [6.07, 6.45) is 2.77. The minimum atomic E-state index is -1.34. The molecule has 61 heavy (non-hydrogen) atoms. The van der Waals surface area contributed by atoms with E-state index in [0.29, 0.717) is 53.2 Å². The maximum absolute atomic E-state index is 14.0. The van der Waals surface area contributed by atoms with Gasteiger partial charge < -0.3 is 50.0 Å². The molecule has 17 heteroatoms. The Balaban J connectivity index is 1.64. The van der Waals surface area contributed by atoms with Gasteiger partial charge in [0.1, 0.15) is 35.7 Å². The smallest absolute Gasteiger partial charge is 0.328 e. The zero-order chi connectivity index (χ0) is 44.5. The number of amides is 6. The van der Waals surface area contributed by atoms with E-state index in [0.717, 1.165) is 23.3 Å². The summed E-state index contributed by atoms with van der Waals surface area (Å²) in [5.41, 5.74) is 2.96. The number of hydrogen-bond acceptors (Lipinski definition) is 11. The number of esters is 1. The highest BCUT2D eigenvalue weighted by Crippen LogP contribution is 2.39. The number of unbranched alkanes of at least 4 members (excludes halogenated alkanes) is 1. The number of carbonyl (C=O) groups excluding carboxylic acids is 7. The Morgan fingerprint density at radius 3 is 2.26 bits per heavy atom. The molecule has 4 bridgehead atoms. The van der Waals surface area contributed by atoms with Crippen LogP contribution in [0, 0.1) is 0 Å². The number of nitrogens with zero attached hydrogens (tertiary/aromatic N) is 2. The lowest BCUT2D eigenvalue weighted by Crippen LogP contribution is -2.55. The highest BCUT2D eigenvalue weighted by molar-refractivity contribution is 5.95. The molecule has 0 spiro atoms. The summed E-state index contributed by atoms with van der Waals surface area (Å²) in [6, 6.07) is 14.9. The molecule has 6 amide bonds. The summed E-state index contributed by atoms with van der Waals surface area (Å²) in [7, 11) is 7.00. The Bertz CT molecular complexity index is 2010. The number of likely N-dealkylation sites (N-methyl/N-ethyl adjacent to an activating group) is 2. The maximum atomic E-state index is 14.0. The van der Waals surface area contributed by atoms with Crippen molar-refractivity contribution in [3.8, 4) is 22.6 Å². The summed E-state index contributed by atoms with van der Waals surface area (Å²) < 4.78 is 22.0. The number of hydrogen-bond donors (Lipinski definition) is 4. The minimum absolute atomic E-state index is 0.0670. The fraction of sp³-hybridized carbons (Fsp3) is 0.432. The third-order valence-corrected chi connectivity index (χ3v) is 10.3. The van der Waals surface area contributed by atoms with E-state index in [1.54, 1.807) is 36.4 Å². The number of benzene rings is 3. The van der Waals surface area contributed by atoms with Crippen LogP contribution in [0.4, 0.5) is 0 Å². The van der Waals surface area contributed by atoms with Gasteiger partial charge in [-0.1, -0.05) is 55.8 Å². The third-order valence-electron chi connectivity index (χ3n) is 10.3. The van der Waals surface area contributed by atoms with Gasteiger partial charge in [-0.3, -0.25) is 28.8 Å². The largest absolute Gasteiger partial charge is 0.496 e. The van der Waals surface area contributed by atoms with Crippen molar-refractivity contribution in [2.24, 2.45) is 0 Å².